The molecule has 2 aliphatic heterocycles. The van der Waals surface area contributed by atoms with Crippen molar-refractivity contribution in [3.05, 3.63) is 0 Å². The first-order chi connectivity index (χ1) is 7.70. The molecule has 2 fully saturated rings. The number of nitrogens with zero attached hydrogens (tertiary/aromatic N) is 1. The lowest BCUT2D eigenvalue weighted by atomic mass is 10.2. The molecular weight excluding hydrogens is 210 g/mol. The maximum atomic E-state index is 11.5. The Morgan fingerprint density at radius 2 is 2.44 bits per heavy atom. The third kappa shape index (κ3) is 2.53. The van der Waals surface area contributed by atoms with Crippen molar-refractivity contribution in [2.24, 2.45) is 0 Å². The standard InChI is InChI=1S/C11H19NO4/c1-15-11(14)10-5-8(13)6-12(10)7-9-3-2-4-16-9/h8-10,13H,2-7H2,1H3. The van der Waals surface area contributed by atoms with E-state index in [9.17, 15) is 9.90 Å². The second-order valence-corrected chi connectivity index (χ2v) is 4.52. The van der Waals surface area contributed by atoms with Crippen LogP contribution in [-0.2, 0) is 14.3 Å². The second kappa shape index (κ2) is 5.12. The predicted molar refractivity (Wildman–Crippen MR) is 57.0 cm³/mol. The van der Waals surface area contributed by atoms with E-state index in [1.54, 1.807) is 0 Å². The average molecular weight is 229 g/mol. The number of rotatable bonds is 3. The lowest BCUT2D eigenvalue weighted by molar-refractivity contribution is -0.146. The van der Waals surface area contributed by atoms with Crippen molar-refractivity contribution >= 4 is 5.97 Å². The van der Waals surface area contributed by atoms with Crippen molar-refractivity contribution < 1.29 is 19.4 Å². The Kier molecular flexibility index (Phi) is 3.78. The molecule has 1 N–H and O–H groups in total. The zero-order valence-corrected chi connectivity index (χ0v) is 9.59. The summed E-state index contributed by atoms with van der Waals surface area (Å²) in [5.41, 5.74) is 0. The highest BCUT2D eigenvalue weighted by Gasteiger charge is 2.38. The largest absolute Gasteiger partial charge is 0.468 e. The van der Waals surface area contributed by atoms with Gasteiger partial charge >= 0.3 is 5.97 Å². The Balaban J connectivity index is 1.92. The van der Waals surface area contributed by atoms with Crippen LogP contribution in [0.5, 0.6) is 0 Å². The molecule has 0 aromatic rings. The van der Waals surface area contributed by atoms with Crippen LogP contribution in [0.4, 0.5) is 0 Å². The lowest BCUT2D eigenvalue weighted by Gasteiger charge is -2.24. The van der Waals surface area contributed by atoms with E-state index in [0.717, 1.165) is 26.0 Å². The van der Waals surface area contributed by atoms with E-state index in [-0.39, 0.29) is 18.1 Å². The van der Waals surface area contributed by atoms with Gasteiger partial charge in [-0.25, -0.2) is 0 Å². The van der Waals surface area contributed by atoms with E-state index in [0.29, 0.717) is 13.0 Å². The first-order valence-corrected chi connectivity index (χ1v) is 5.82. The molecule has 2 rings (SSSR count). The fourth-order valence-electron chi connectivity index (χ4n) is 2.51. The van der Waals surface area contributed by atoms with Crippen molar-refractivity contribution in [1.29, 1.82) is 0 Å². The van der Waals surface area contributed by atoms with E-state index in [1.165, 1.54) is 7.11 Å². The number of carbonyl (C=O) groups excluding carboxylic acids is 1. The van der Waals surface area contributed by atoms with Crippen LogP contribution in [0.1, 0.15) is 19.3 Å². The van der Waals surface area contributed by atoms with Crippen LogP contribution >= 0.6 is 0 Å². The lowest BCUT2D eigenvalue weighted by Crippen LogP contribution is -2.41. The van der Waals surface area contributed by atoms with E-state index < -0.39 is 6.10 Å². The number of hydrogen-bond acceptors (Lipinski definition) is 5. The molecule has 3 atom stereocenters. The molecule has 0 aromatic carbocycles. The molecule has 0 saturated carbocycles. The van der Waals surface area contributed by atoms with E-state index in [2.05, 4.69) is 0 Å². The number of methoxy groups -OCH3 is 1. The molecule has 0 bridgehead atoms. The van der Waals surface area contributed by atoms with Gasteiger partial charge < -0.3 is 14.6 Å². The van der Waals surface area contributed by atoms with Crippen LogP contribution in [0, 0.1) is 0 Å². The predicted octanol–water partition coefficient (Wildman–Crippen LogP) is -0.226. The SMILES string of the molecule is COC(=O)C1CC(O)CN1CC1CCCO1. The Hall–Kier alpha value is -0.650. The number of carbonyl (C=O) groups is 1. The maximum absolute atomic E-state index is 11.5. The summed E-state index contributed by atoms with van der Waals surface area (Å²) in [6.45, 7) is 2.07. The summed E-state index contributed by atoms with van der Waals surface area (Å²) in [5, 5.41) is 9.60. The third-order valence-corrected chi connectivity index (χ3v) is 3.32. The zero-order valence-electron chi connectivity index (χ0n) is 9.59. The van der Waals surface area contributed by atoms with Crippen molar-refractivity contribution in [1.82, 2.24) is 4.90 Å². The van der Waals surface area contributed by atoms with Gasteiger partial charge in [0.2, 0.25) is 0 Å². The molecule has 3 unspecified atom stereocenters. The topological polar surface area (TPSA) is 59.0 Å². The van der Waals surface area contributed by atoms with Gasteiger partial charge in [-0.2, -0.15) is 0 Å². The van der Waals surface area contributed by atoms with Gasteiger partial charge in [0.25, 0.3) is 0 Å². The molecule has 0 aromatic heterocycles. The van der Waals surface area contributed by atoms with Crippen LogP contribution in [0.15, 0.2) is 0 Å². The minimum Gasteiger partial charge on any atom is -0.468 e. The van der Waals surface area contributed by atoms with Gasteiger partial charge in [0, 0.05) is 26.1 Å². The minimum absolute atomic E-state index is 0.206. The Labute approximate surface area is 95.3 Å². The van der Waals surface area contributed by atoms with E-state index in [4.69, 9.17) is 9.47 Å². The summed E-state index contributed by atoms with van der Waals surface area (Å²) in [4.78, 5) is 13.5. The molecule has 5 heteroatoms. The molecule has 5 nitrogen and oxygen atoms in total. The summed E-state index contributed by atoms with van der Waals surface area (Å²) in [5.74, 6) is -0.255. The molecular formula is C11H19NO4. The number of aliphatic hydroxyl groups excluding tert-OH is 1. The highest BCUT2D eigenvalue weighted by Crippen LogP contribution is 2.22. The van der Waals surface area contributed by atoms with Crippen LogP contribution in [0.3, 0.4) is 0 Å². The molecule has 0 amide bonds. The average Bonchev–Trinajstić information content (AvgIpc) is 2.88. The number of aliphatic hydroxyl groups is 1. The van der Waals surface area contributed by atoms with Gasteiger partial charge in [0.15, 0.2) is 0 Å². The molecule has 92 valence electrons. The first-order valence-electron chi connectivity index (χ1n) is 5.82. The van der Waals surface area contributed by atoms with E-state index >= 15 is 0 Å². The van der Waals surface area contributed by atoms with Gasteiger partial charge in [-0.1, -0.05) is 0 Å². The number of likely N-dealkylation sites (tertiary alicyclic amines) is 1. The fraction of sp³-hybridized carbons (Fsp3) is 0.909. The fourth-order valence-corrected chi connectivity index (χ4v) is 2.51. The van der Waals surface area contributed by atoms with Crippen molar-refractivity contribution in [3.63, 3.8) is 0 Å². The highest BCUT2D eigenvalue weighted by molar-refractivity contribution is 5.76. The van der Waals surface area contributed by atoms with Gasteiger partial charge in [0.1, 0.15) is 6.04 Å². The van der Waals surface area contributed by atoms with Gasteiger partial charge in [-0.3, -0.25) is 9.69 Å². The maximum Gasteiger partial charge on any atom is 0.323 e. The zero-order chi connectivity index (χ0) is 11.5. The molecule has 0 spiro atoms. The van der Waals surface area contributed by atoms with Crippen molar-refractivity contribution in [2.45, 2.75) is 37.5 Å². The Bertz CT molecular complexity index is 252. The smallest absolute Gasteiger partial charge is 0.323 e. The summed E-state index contributed by atoms with van der Waals surface area (Å²) in [6.07, 6.45) is 2.38. The van der Waals surface area contributed by atoms with Crippen LogP contribution in [0.2, 0.25) is 0 Å². The molecule has 2 heterocycles. The monoisotopic (exact) mass is 229 g/mol. The first kappa shape index (κ1) is 11.8. The summed E-state index contributed by atoms with van der Waals surface area (Å²) in [7, 11) is 1.39. The second-order valence-electron chi connectivity index (χ2n) is 4.52. The normalized spacial score (nSPS) is 35.5. The van der Waals surface area contributed by atoms with Crippen LogP contribution in [0.25, 0.3) is 0 Å². The molecule has 16 heavy (non-hydrogen) atoms. The third-order valence-electron chi connectivity index (χ3n) is 3.32. The Morgan fingerprint density at radius 3 is 3.06 bits per heavy atom. The van der Waals surface area contributed by atoms with Gasteiger partial charge in [-0.15, -0.1) is 0 Å². The molecule has 0 radical (unpaired) electrons. The van der Waals surface area contributed by atoms with E-state index in [1.807, 2.05) is 4.90 Å². The number of hydrogen-bond donors (Lipinski definition) is 1. The minimum atomic E-state index is -0.425. The van der Waals surface area contributed by atoms with Crippen LogP contribution in [-0.4, -0.2) is 61.0 Å². The van der Waals surface area contributed by atoms with Crippen LogP contribution < -0.4 is 0 Å². The summed E-state index contributed by atoms with van der Waals surface area (Å²) >= 11 is 0. The van der Waals surface area contributed by atoms with Crippen molar-refractivity contribution in [3.8, 4) is 0 Å². The number of ether oxygens (including phenoxy) is 2. The Morgan fingerprint density at radius 1 is 1.62 bits per heavy atom. The molecule has 2 saturated heterocycles. The summed E-state index contributed by atoms with van der Waals surface area (Å²) in [6, 6.07) is -0.302. The highest BCUT2D eigenvalue weighted by atomic mass is 16.5. The number of esters is 1. The van der Waals surface area contributed by atoms with Gasteiger partial charge in [-0.05, 0) is 12.8 Å². The van der Waals surface area contributed by atoms with Crippen molar-refractivity contribution in [2.75, 3.05) is 26.8 Å². The molecule has 2 aliphatic rings. The molecule has 0 aliphatic carbocycles. The van der Waals surface area contributed by atoms with Gasteiger partial charge in [0.05, 0.1) is 19.3 Å². The summed E-state index contributed by atoms with van der Waals surface area (Å²) < 4.78 is 10.3. The quantitative estimate of drug-likeness (QED) is 0.678. The number of β-amino-alcohol motifs (C(OH)–C–C–N with tert-alkyl or cyclic N) is 1.